The van der Waals surface area contributed by atoms with E-state index in [1.54, 1.807) is 54.6 Å². The number of non-ortho nitro benzene ring substituents is 1. The second-order valence-corrected chi connectivity index (χ2v) is 8.13. The summed E-state index contributed by atoms with van der Waals surface area (Å²) in [6, 6.07) is 18.2. The number of carbonyl (C=O) groups excluding carboxylic acids is 2. The maximum absolute atomic E-state index is 13.0. The third kappa shape index (κ3) is 4.76. The Morgan fingerprint density at radius 3 is 2.56 bits per heavy atom. The highest BCUT2D eigenvalue weighted by atomic mass is 79.9. The number of amides is 2. The lowest BCUT2D eigenvalue weighted by Crippen LogP contribution is -2.35. The van der Waals surface area contributed by atoms with E-state index in [-0.39, 0.29) is 23.6 Å². The van der Waals surface area contributed by atoms with Crippen molar-refractivity contribution >= 4 is 45.2 Å². The third-order valence-corrected chi connectivity index (χ3v) is 5.44. The minimum absolute atomic E-state index is 0.00608. The van der Waals surface area contributed by atoms with Crippen molar-refractivity contribution in [3.8, 4) is 11.5 Å². The molecule has 1 aliphatic heterocycles. The number of carbonyl (C=O) groups is 2. The Balaban J connectivity index is 1.68. The molecule has 1 N–H and O–H groups in total. The average Bonchev–Trinajstić information content (AvgIpc) is 3.12. The number of para-hydroxylation sites is 1. The maximum Gasteiger partial charge on any atom is 0.282 e. The van der Waals surface area contributed by atoms with Crippen molar-refractivity contribution < 1.29 is 24.0 Å². The van der Waals surface area contributed by atoms with Crippen molar-refractivity contribution in [1.29, 1.82) is 0 Å². The Hall–Kier alpha value is -4.18. The minimum Gasteiger partial charge on any atom is -0.493 e. The molecule has 3 aromatic rings. The Kier molecular flexibility index (Phi) is 6.60. The predicted octanol–water partition coefficient (Wildman–Crippen LogP) is 4.41. The quantitative estimate of drug-likeness (QED) is 0.212. The van der Waals surface area contributed by atoms with Gasteiger partial charge in [0.25, 0.3) is 17.5 Å². The Labute approximate surface area is 202 Å². The second-order valence-electron chi connectivity index (χ2n) is 7.22. The van der Waals surface area contributed by atoms with Crippen LogP contribution in [0.15, 0.2) is 76.8 Å². The molecule has 0 aromatic heterocycles. The number of hydrogen-bond acceptors (Lipinski definition) is 6. The summed E-state index contributed by atoms with van der Waals surface area (Å²) in [6.45, 7) is 0.00608. The van der Waals surface area contributed by atoms with Crippen LogP contribution in [0.4, 0.5) is 11.4 Å². The van der Waals surface area contributed by atoms with Crippen LogP contribution in [0, 0.1) is 10.1 Å². The first-order valence-electron chi connectivity index (χ1n) is 10.0. The molecule has 34 heavy (non-hydrogen) atoms. The summed E-state index contributed by atoms with van der Waals surface area (Å²) in [4.78, 5) is 36.2. The number of halogens is 1. The lowest BCUT2D eigenvalue weighted by molar-refractivity contribution is -0.384. The summed E-state index contributed by atoms with van der Waals surface area (Å²) in [5.74, 6) is -0.432. The molecule has 4 rings (SSSR count). The van der Waals surface area contributed by atoms with Gasteiger partial charge in [0, 0.05) is 22.2 Å². The molecule has 9 nitrogen and oxygen atoms in total. The van der Waals surface area contributed by atoms with Crippen molar-refractivity contribution in [2.75, 3.05) is 12.1 Å². The number of nitrogens with one attached hydrogen (secondary N) is 1. The molecule has 1 heterocycles. The number of hydrogen-bond donors (Lipinski definition) is 1. The van der Waals surface area contributed by atoms with E-state index in [0.29, 0.717) is 27.0 Å². The summed E-state index contributed by atoms with van der Waals surface area (Å²) in [6.07, 6.45) is 1.43. The van der Waals surface area contributed by atoms with Crippen molar-refractivity contribution in [2.45, 2.75) is 6.61 Å². The van der Waals surface area contributed by atoms with Crippen molar-refractivity contribution in [3.63, 3.8) is 0 Å². The van der Waals surface area contributed by atoms with E-state index in [1.165, 1.54) is 30.3 Å². The van der Waals surface area contributed by atoms with E-state index >= 15 is 0 Å². The molecule has 2 amide bonds. The Bertz CT molecular complexity index is 1310. The molecule has 0 radical (unpaired) electrons. The molecular formula is C24H18BrN3O6. The zero-order valence-electron chi connectivity index (χ0n) is 17.9. The first kappa shape index (κ1) is 23.0. The van der Waals surface area contributed by atoms with Crippen molar-refractivity contribution in [2.24, 2.45) is 0 Å². The van der Waals surface area contributed by atoms with Gasteiger partial charge >= 0.3 is 0 Å². The zero-order chi connectivity index (χ0) is 24.2. The van der Waals surface area contributed by atoms with Crippen molar-refractivity contribution in [1.82, 2.24) is 5.43 Å². The van der Waals surface area contributed by atoms with Gasteiger partial charge in [0.05, 0.1) is 17.7 Å². The van der Waals surface area contributed by atoms with Gasteiger partial charge in [-0.15, -0.1) is 0 Å². The van der Waals surface area contributed by atoms with Gasteiger partial charge in [-0.2, -0.15) is 0 Å². The number of nitro groups is 1. The number of benzene rings is 3. The Morgan fingerprint density at radius 2 is 1.85 bits per heavy atom. The predicted molar refractivity (Wildman–Crippen MR) is 128 cm³/mol. The van der Waals surface area contributed by atoms with Gasteiger partial charge in [-0.05, 0) is 35.9 Å². The first-order chi connectivity index (χ1) is 16.4. The number of methoxy groups -OCH3 is 1. The van der Waals surface area contributed by atoms with Gasteiger partial charge in [-0.25, -0.2) is 5.01 Å². The van der Waals surface area contributed by atoms with Gasteiger partial charge in [-0.3, -0.25) is 25.1 Å². The molecule has 0 saturated carbocycles. The number of rotatable bonds is 7. The van der Waals surface area contributed by atoms with Crippen LogP contribution in [-0.4, -0.2) is 23.8 Å². The normalized spacial score (nSPS) is 14.3. The van der Waals surface area contributed by atoms with Crippen LogP contribution in [0.5, 0.6) is 11.5 Å². The number of nitrogens with zero attached hydrogens (tertiary/aromatic N) is 2. The average molecular weight is 524 g/mol. The van der Waals surface area contributed by atoms with E-state index in [2.05, 4.69) is 21.4 Å². The molecule has 0 atom stereocenters. The minimum atomic E-state index is -0.558. The summed E-state index contributed by atoms with van der Waals surface area (Å²) in [7, 11) is 1.46. The van der Waals surface area contributed by atoms with Crippen LogP contribution in [-0.2, 0) is 16.2 Å². The molecule has 0 bridgehead atoms. The largest absolute Gasteiger partial charge is 0.493 e. The van der Waals surface area contributed by atoms with Crippen LogP contribution in [0.3, 0.4) is 0 Å². The van der Waals surface area contributed by atoms with Crippen LogP contribution >= 0.6 is 15.9 Å². The fourth-order valence-corrected chi connectivity index (χ4v) is 3.84. The van der Waals surface area contributed by atoms with Gasteiger partial charge < -0.3 is 9.47 Å². The van der Waals surface area contributed by atoms with E-state index < -0.39 is 16.7 Å². The lowest BCUT2D eigenvalue weighted by Gasteiger charge is -2.15. The van der Waals surface area contributed by atoms with Crippen LogP contribution < -0.4 is 19.9 Å². The number of anilines is 1. The number of nitro benzene ring substituents is 1. The summed E-state index contributed by atoms with van der Waals surface area (Å²) >= 11 is 3.40. The molecule has 1 aliphatic rings. The monoisotopic (exact) mass is 523 g/mol. The topological polar surface area (TPSA) is 111 Å². The van der Waals surface area contributed by atoms with Crippen LogP contribution in [0.2, 0.25) is 0 Å². The van der Waals surface area contributed by atoms with E-state index in [9.17, 15) is 19.7 Å². The Morgan fingerprint density at radius 1 is 1.09 bits per heavy atom. The highest BCUT2D eigenvalue weighted by molar-refractivity contribution is 9.10. The summed E-state index contributed by atoms with van der Waals surface area (Å²) in [5.41, 5.74) is 3.94. The molecule has 0 aliphatic carbocycles. The molecule has 1 saturated heterocycles. The molecule has 1 fully saturated rings. The number of ether oxygens (including phenoxy) is 2. The highest BCUT2D eigenvalue weighted by Gasteiger charge is 2.34. The van der Waals surface area contributed by atoms with Gasteiger partial charge in [0.15, 0.2) is 11.5 Å². The fourth-order valence-electron chi connectivity index (χ4n) is 3.39. The molecule has 3 aromatic carbocycles. The molecule has 172 valence electrons. The zero-order valence-corrected chi connectivity index (χ0v) is 19.4. The first-order valence-corrected chi connectivity index (χ1v) is 10.8. The van der Waals surface area contributed by atoms with E-state index in [1.807, 2.05) is 0 Å². The highest BCUT2D eigenvalue weighted by Crippen LogP contribution is 2.37. The smallest absolute Gasteiger partial charge is 0.282 e. The second kappa shape index (κ2) is 9.75. The summed E-state index contributed by atoms with van der Waals surface area (Å²) < 4.78 is 12.0. The van der Waals surface area contributed by atoms with Gasteiger partial charge in [0.2, 0.25) is 0 Å². The maximum atomic E-state index is 13.0. The molecule has 0 unspecified atom stereocenters. The number of hydrazine groups is 1. The van der Waals surface area contributed by atoms with E-state index in [0.717, 1.165) is 0 Å². The van der Waals surface area contributed by atoms with Crippen molar-refractivity contribution in [3.05, 3.63) is 98.0 Å². The molecule has 10 heteroatoms. The van der Waals surface area contributed by atoms with Crippen LogP contribution in [0.1, 0.15) is 11.1 Å². The SMILES string of the molecule is COc1cc(Br)cc(/C=C2/C(=O)NN(c3ccccc3)C2=O)c1OCc1cccc([N+](=O)[O-])c1. The van der Waals surface area contributed by atoms with Gasteiger partial charge in [-0.1, -0.05) is 46.3 Å². The molecule has 0 spiro atoms. The molecular weight excluding hydrogens is 506 g/mol. The van der Waals surface area contributed by atoms with Crippen LogP contribution in [0.25, 0.3) is 6.08 Å². The fraction of sp³-hybridized carbons (Fsp3) is 0.0833. The standard InChI is InChI=1S/C24H18BrN3O6/c1-33-21-13-17(25)11-16(22(21)34-14-15-6-5-9-19(10-15)28(31)32)12-20-23(29)26-27(24(20)30)18-7-3-2-4-8-18/h2-13H,14H2,1H3,(H,26,29)/b20-12-. The lowest BCUT2D eigenvalue weighted by atomic mass is 10.1. The van der Waals surface area contributed by atoms with E-state index in [4.69, 9.17) is 9.47 Å². The third-order valence-electron chi connectivity index (χ3n) is 4.98. The summed E-state index contributed by atoms with van der Waals surface area (Å²) in [5, 5.41) is 12.2. The van der Waals surface area contributed by atoms with Gasteiger partial charge in [0.1, 0.15) is 12.2 Å².